The van der Waals surface area contributed by atoms with Crippen molar-refractivity contribution in [3.05, 3.63) is 29.6 Å². The molecule has 0 saturated carbocycles. The van der Waals surface area contributed by atoms with Crippen LogP contribution in [0.3, 0.4) is 0 Å². The van der Waals surface area contributed by atoms with Gasteiger partial charge in [-0.1, -0.05) is 27.7 Å². The van der Waals surface area contributed by atoms with E-state index in [4.69, 9.17) is 10.5 Å². The molecular formula is C16H26FNO. The van der Waals surface area contributed by atoms with Crippen molar-refractivity contribution in [2.45, 2.75) is 53.0 Å². The van der Waals surface area contributed by atoms with Gasteiger partial charge in [0.15, 0.2) is 0 Å². The molecule has 0 saturated heterocycles. The topological polar surface area (TPSA) is 35.2 Å². The van der Waals surface area contributed by atoms with E-state index >= 15 is 0 Å². The molecule has 0 amide bonds. The van der Waals surface area contributed by atoms with Crippen molar-refractivity contribution in [1.29, 1.82) is 0 Å². The zero-order chi connectivity index (χ0) is 14.5. The molecule has 2 N–H and O–H groups in total. The van der Waals surface area contributed by atoms with E-state index in [-0.39, 0.29) is 17.3 Å². The first kappa shape index (κ1) is 16.0. The van der Waals surface area contributed by atoms with Crippen molar-refractivity contribution in [2.75, 3.05) is 6.61 Å². The minimum absolute atomic E-state index is 0.0734. The number of nitrogens with two attached hydrogens (primary N) is 1. The van der Waals surface area contributed by atoms with Gasteiger partial charge in [-0.15, -0.1) is 0 Å². The van der Waals surface area contributed by atoms with Gasteiger partial charge in [-0.3, -0.25) is 0 Å². The SMILES string of the molecule is CCC(N)Cc1cc(F)cc(OCCC(C)(C)C)c1. The molecule has 0 aliphatic heterocycles. The molecular weight excluding hydrogens is 241 g/mol. The van der Waals surface area contributed by atoms with Gasteiger partial charge in [-0.25, -0.2) is 4.39 Å². The Morgan fingerprint density at radius 3 is 2.53 bits per heavy atom. The second kappa shape index (κ2) is 6.90. The zero-order valence-electron chi connectivity index (χ0n) is 12.5. The lowest BCUT2D eigenvalue weighted by Gasteiger charge is -2.18. The molecule has 1 aromatic rings. The van der Waals surface area contributed by atoms with Crippen molar-refractivity contribution in [3.63, 3.8) is 0 Å². The van der Waals surface area contributed by atoms with E-state index < -0.39 is 0 Å². The fraction of sp³-hybridized carbons (Fsp3) is 0.625. The molecule has 0 spiro atoms. The maximum atomic E-state index is 13.5. The van der Waals surface area contributed by atoms with Crippen LogP contribution in [-0.4, -0.2) is 12.6 Å². The summed E-state index contributed by atoms with van der Waals surface area (Å²) >= 11 is 0. The van der Waals surface area contributed by atoms with Crippen molar-refractivity contribution in [1.82, 2.24) is 0 Å². The molecule has 1 aromatic carbocycles. The van der Waals surface area contributed by atoms with Gasteiger partial charge >= 0.3 is 0 Å². The largest absolute Gasteiger partial charge is 0.493 e. The maximum absolute atomic E-state index is 13.5. The van der Waals surface area contributed by atoms with Crippen LogP contribution < -0.4 is 10.5 Å². The van der Waals surface area contributed by atoms with Crippen molar-refractivity contribution in [3.8, 4) is 5.75 Å². The highest BCUT2D eigenvalue weighted by molar-refractivity contribution is 5.30. The van der Waals surface area contributed by atoms with E-state index in [0.717, 1.165) is 18.4 Å². The van der Waals surface area contributed by atoms with Crippen LogP contribution in [0.1, 0.15) is 46.1 Å². The number of ether oxygens (including phenoxy) is 1. The summed E-state index contributed by atoms with van der Waals surface area (Å²) in [6, 6.07) is 4.93. The Labute approximate surface area is 116 Å². The van der Waals surface area contributed by atoms with Crippen molar-refractivity contribution in [2.24, 2.45) is 11.1 Å². The van der Waals surface area contributed by atoms with E-state index in [0.29, 0.717) is 18.8 Å². The van der Waals surface area contributed by atoms with Crippen LogP contribution >= 0.6 is 0 Å². The predicted molar refractivity (Wildman–Crippen MR) is 77.9 cm³/mol. The normalized spacial score (nSPS) is 13.4. The second-order valence-corrected chi connectivity index (χ2v) is 6.33. The van der Waals surface area contributed by atoms with Gasteiger partial charge in [-0.05, 0) is 42.4 Å². The lowest BCUT2D eigenvalue weighted by Crippen LogP contribution is -2.21. The van der Waals surface area contributed by atoms with Crippen LogP contribution in [-0.2, 0) is 6.42 Å². The van der Waals surface area contributed by atoms with Crippen LogP contribution in [0.5, 0.6) is 5.75 Å². The summed E-state index contributed by atoms with van der Waals surface area (Å²) < 4.78 is 19.2. The van der Waals surface area contributed by atoms with Crippen molar-refractivity contribution >= 4 is 0 Å². The molecule has 0 fully saturated rings. The van der Waals surface area contributed by atoms with Gasteiger partial charge in [-0.2, -0.15) is 0 Å². The first-order valence-electron chi connectivity index (χ1n) is 6.98. The van der Waals surface area contributed by atoms with E-state index in [9.17, 15) is 4.39 Å². The monoisotopic (exact) mass is 267 g/mol. The molecule has 1 atom stereocenters. The summed E-state index contributed by atoms with van der Waals surface area (Å²) in [5.74, 6) is 0.342. The standard InChI is InChI=1S/C16H26FNO/c1-5-14(18)9-12-8-13(17)11-15(10-12)19-7-6-16(2,3)4/h8,10-11,14H,5-7,9,18H2,1-4H3. The molecule has 0 heterocycles. The van der Waals surface area contributed by atoms with E-state index in [2.05, 4.69) is 20.8 Å². The van der Waals surface area contributed by atoms with Gasteiger partial charge in [0.25, 0.3) is 0 Å². The summed E-state index contributed by atoms with van der Waals surface area (Å²) in [6.45, 7) is 9.12. The van der Waals surface area contributed by atoms with Crippen molar-refractivity contribution < 1.29 is 9.13 Å². The average molecular weight is 267 g/mol. The van der Waals surface area contributed by atoms with Crippen LogP contribution in [0.4, 0.5) is 4.39 Å². The molecule has 0 radical (unpaired) electrons. The summed E-state index contributed by atoms with van der Waals surface area (Å²) in [5.41, 5.74) is 7.02. The Balaban J connectivity index is 2.63. The summed E-state index contributed by atoms with van der Waals surface area (Å²) in [6.07, 6.45) is 2.51. The lowest BCUT2D eigenvalue weighted by atomic mass is 9.93. The fourth-order valence-corrected chi connectivity index (χ4v) is 1.74. The molecule has 0 bridgehead atoms. The number of benzene rings is 1. The number of hydrogen-bond acceptors (Lipinski definition) is 2. The summed E-state index contributed by atoms with van der Waals surface area (Å²) in [5, 5.41) is 0. The maximum Gasteiger partial charge on any atom is 0.127 e. The van der Waals surface area contributed by atoms with Gasteiger partial charge in [0.1, 0.15) is 11.6 Å². The first-order chi connectivity index (χ1) is 8.80. The molecule has 108 valence electrons. The molecule has 19 heavy (non-hydrogen) atoms. The molecule has 1 rings (SSSR count). The highest BCUT2D eigenvalue weighted by atomic mass is 19.1. The fourth-order valence-electron chi connectivity index (χ4n) is 1.74. The van der Waals surface area contributed by atoms with Gasteiger partial charge in [0.05, 0.1) is 6.61 Å². The smallest absolute Gasteiger partial charge is 0.127 e. The zero-order valence-corrected chi connectivity index (χ0v) is 12.5. The third-order valence-corrected chi connectivity index (χ3v) is 3.07. The highest BCUT2D eigenvalue weighted by Crippen LogP contribution is 2.21. The summed E-state index contributed by atoms with van der Waals surface area (Å²) in [4.78, 5) is 0. The molecule has 0 aliphatic carbocycles. The Morgan fingerprint density at radius 2 is 1.95 bits per heavy atom. The number of rotatable bonds is 6. The molecule has 3 heteroatoms. The minimum Gasteiger partial charge on any atom is -0.493 e. The van der Waals surface area contributed by atoms with Crippen LogP contribution in [0.25, 0.3) is 0 Å². The molecule has 0 aliphatic rings. The number of hydrogen-bond donors (Lipinski definition) is 1. The number of halogens is 1. The Bertz CT molecular complexity index is 398. The van der Waals surface area contributed by atoms with Crippen LogP contribution in [0.2, 0.25) is 0 Å². The first-order valence-corrected chi connectivity index (χ1v) is 6.98. The van der Waals surface area contributed by atoms with E-state index in [1.165, 1.54) is 12.1 Å². The van der Waals surface area contributed by atoms with E-state index in [1.54, 1.807) is 0 Å². The third kappa shape index (κ3) is 6.58. The van der Waals surface area contributed by atoms with Crippen LogP contribution in [0.15, 0.2) is 18.2 Å². The molecule has 2 nitrogen and oxygen atoms in total. The molecule has 0 aromatic heterocycles. The lowest BCUT2D eigenvalue weighted by molar-refractivity contribution is 0.242. The third-order valence-electron chi connectivity index (χ3n) is 3.07. The Hall–Kier alpha value is -1.09. The molecule has 1 unspecified atom stereocenters. The van der Waals surface area contributed by atoms with Gasteiger partial charge < -0.3 is 10.5 Å². The Kier molecular flexibility index (Phi) is 5.80. The van der Waals surface area contributed by atoms with Gasteiger partial charge in [0.2, 0.25) is 0 Å². The average Bonchev–Trinajstić information content (AvgIpc) is 2.26. The van der Waals surface area contributed by atoms with E-state index in [1.807, 2.05) is 13.0 Å². The second-order valence-electron chi connectivity index (χ2n) is 6.33. The minimum atomic E-state index is -0.258. The quantitative estimate of drug-likeness (QED) is 0.848. The van der Waals surface area contributed by atoms with Crippen LogP contribution in [0, 0.1) is 11.2 Å². The predicted octanol–water partition coefficient (Wildman–Crippen LogP) is 3.92. The van der Waals surface area contributed by atoms with Gasteiger partial charge in [0, 0.05) is 12.1 Å². The highest BCUT2D eigenvalue weighted by Gasteiger charge is 2.11. The Morgan fingerprint density at radius 1 is 1.26 bits per heavy atom. The summed E-state index contributed by atoms with van der Waals surface area (Å²) in [7, 11) is 0.